The van der Waals surface area contributed by atoms with E-state index in [0.29, 0.717) is 23.0 Å². The number of carbonyl (C=O) groups excluding carboxylic acids is 1. The van der Waals surface area contributed by atoms with E-state index in [9.17, 15) is 14.0 Å². The van der Waals surface area contributed by atoms with Crippen LogP contribution in [0.5, 0.6) is 0 Å². The average Bonchev–Trinajstić information content (AvgIpc) is 2.65. The number of hydrogen-bond acceptors (Lipinski definition) is 3. The molecule has 3 aromatic rings. The van der Waals surface area contributed by atoms with Crippen molar-refractivity contribution < 1.29 is 9.18 Å². The Morgan fingerprint density at radius 2 is 2.04 bits per heavy atom. The molecular weight excluding hydrogens is 365 g/mol. The molecule has 0 bridgehead atoms. The summed E-state index contributed by atoms with van der Waals surface area (Å²) in [5.74, 6) is -0.632. The van der Waals surface area contributed by atoms with Crippen LogP contribution >= 0.6 is 12.2 Å². The fourth-order valence-electron chi connectivity index (χ4n) is 2.81. The minimum atomic E-state index is -0.329. The topological polar surface area (TPSA) is 66.9 Å². The van der Waals surface area contributed by atoms with Crippen LogP contribution in [0, 0.1) is 10.6 Å². The average molecular weight is 383 g/mol. The molecule has 0 saturated heterocycles. The highest BCUT2D eigenvalue weighted by Gasteiger charge is 2.13. The summed E-state index contributed by atoms with van der Waals surface area (Å²) >= 11 is 5.21. The first-order valence-corrected chi connectivity index (χ1v) is 8.75. The van der Waals surface area contributed by atoms with Crippen LogP contribution in [-0.2, 0) is 6.54 Å². The van der Waals surface area contributed by atoms with Crippen LogP contribution in [0.15, 0.2) is 59.9 Å². The lowest BCUT2D eigenvalue weighted by Gasteiger charge is -2.15. The maximum atomic E-state index is 13.0. The molecule has 1 unspecified atom stereocenters. The van der Waals surface area contributed by atoms with Gasteiger partial charge in [-0.1, -0.05) is 18.2 Å². The van der Waals surface area contributed by atoms with Gasteiger partial charge in [-0.3, -0.25) is 14.2 Å². The van der Waals surface area contributed by atoms with Crippen LogP contribution in [-0.4, -0.2) is 15.5 Å². The second kappa shape index (κ2) is 7.67. The van der Waals surface area contributed by atoms with Gasteiger partial charge in [0.15, 0.2) is 4.77 Å². The fourth-order valence-corrected chi connectivity index (χ4v) is 3.07. The van der Waals surface area contributed by atoms with E-state index in [2.05, 4.69) is 16.9 Å². The number of halogens is 1. The van der Waals surface area contributed by atoms with Crippen LogP contribution in [0.25, 0.3) is 10.9 Å². The Hall–Kier alpha value is -3.06. The number of rotatable bonds is 5. The molecule has 0 aliphatic carbocycles. The lowest BCUT2D eigenvalue weighted by atomic mass is 10.1. The Labute approximate surface area is 160 Å². The van der Waals surface area contributed by atoms with Crippen molar-refractivity contribution in [2.75, 3.05) is 0 Å². The van der Waals surface area contributed by atoms with Gasteiger partial charge in [-0.25, -0.2) is 4.39 Å². The summed E-state index contributed by atoms with van der Waals surface area (Å²) in [5, 5.41) is 3.30. The molecule has 1 aromatic heterocycles. The monoisotopic (exact) mass is 383 g/mol. The molecule has 1 heterocycles. The molecule has 2 N–H and O–H groups in total. The number of benzene rings is 2. The van der Waals surface area contributed by atoms with Gasteiger partial charge < -0.3 is 10.3 Å². The summed E-state index contributed by atoms with van der Waals surface area (Å²) in [4.78, 5) is 28.0. The summed E-state index contributed by atoms with van der Waals surface area (Å²) in [5.41, 5.74) is 1.44. The van der Waals surface area contributed by atoms with Gasteiger partial charge in [0, 0.05) is 12.1 Å². The molecule has 7 heteroatoms. The highest BCUT2D eigenvalue weighted by Crippen LogP contribution is 2.15. The van der Waals surface area contributed by atoms with Crippen molar-refractivity contribution in [3.05, 3.63) is 87.2 Å². The number of H-pyrrole nitrogens is 1. The second-order valence-electron chi connectivity index (χ2n) is 6.14. The van der Waals surface area contributed by atoms with Gasteiger partial charge in [0.25, 0.3) is 11.5 Å². The third-order valence-electron chi connectivity index (χ3n) is 4.27. The molecule has 138 valence electrons. The number of nitrogens with one attached hydrogen (secondary N) is 2. The predicted octanol–water partition coefficient (Wildman–Crippen LogP) is 3.88. The molecule has 0 aliphatic heterocycles. The molecule has 1 amide bonds. The first kappa shape index (κ1) is 18.7. The maximum Gasteiger partial charge on any atom is 0.262 e. The molecule has 0 radical (unpaired) electrons. The van der Waals surface area contributed by atoms with Crippen LogP contribution in [0.4, 0.5) is 4.39 Å². The number of allylic oxidation sites excluding steroid dienone is 1. The number of nitrogens with zero attached hydrogens (tertiary/aromatic N) is 1. The van der Waals surface area contributed by atoms with Crippen LogP contribution in [0.3, 0.4) is 0 Å². The molecule has 0 fully saturated rings. The van der Waals surface area contributed by atoms with E-state index in [-0.39, 0.29) is 28.1 Å². The minimum Gasteiger partial charge on any atom is -0.346 e. The third kappa shape index (κ3) is 3.88. The molecule has 2 aromatic carbocycles. The van der Waals surface area contributed by atoms with Gasteiger partial charge in [-0.2, -0.15) is 0 Å². The quantitative estimate of drug-likeness (QED) is 0.519. The Bertz CT molecular complexity index is 1130. The van der Waals surface area contributed by atoms with Crippen molar-refractivity contribution in [3.63, 3.8) is 0 Å². The van der Waals surface area contributed by atoms with E-state index in [1.807, 2.05) is 6.92 Å². The zero-order chi connectivity index (χ0) is 19.6. The first-order chi connectivity index (χ1) is 12.9. The van der Waals surface area contributed by atoms with Crippen molar-refractivity contribution in [3.8, 4) is 0 Å². The molecule has 0 spiro atoms. The predicted molar refractivity (Wildman–Crippen MR) is 106 cm³/mol. The number of amides is 1. The lowest BCUT2D eigenvalue weighted by molar-refractivity contribution is 0.0940. The molecule has 3 rings (SSSR count). The molecule has 27 heavy (non-hydrogen) atoms. The Kier molecular flexibility index (Phi) is 5.32. The zero-order valence-corrected chi connectivity index (χ0v) is 15.5. The standard InChI is InChI=1S/C20H18FN3O2S/c1-3-10-24-19(26)16-9-6-14(11-17(16)23-20(24)27)18(25)22-12(2)13-4-7-15(21)8-5-13/h3-9,11-12H,1,10H2,2H3,(H,22,25)(H,23,27). The number of fused-ring (bicyclic) bond motifs is 1. The molecular formula is C20H18FN3O2S. The fraction of sp³-hybridized carbons (Fsp3) is 0.150. The Morgan fingerprint density at radius 1 is 1.33 bits per heavy atom. The van der Waals surface area contributed by atoms with Gasteiger partial charge in [-0.15, -0.1) is 6.58 Å². The molecule has 1 atom stereocenters. The maximum absolute atomic E-state index is 13.0. The smallest absolute Gasteiger partial charge is 0.262 e. The largest absolute Gasteiger partial charge is 0.346 e. The second-order valence-corrected chi connectivity index (χ2v) is 6.53. The van der Waals surface area contributed by atoms with E-state index >= 15 is 0 Å². The third-order valence-corrected chi connectivity index (χ3v) is 4.60. The van der Waals surface area contributed by atoms with E-state index < -0.39 is 0 Å². The number of aromatic nitrogens is 2. The number of carbonyl (C=O) groups is 1. The summed E-state index contributed by atoms with van der Waals surface area (Å²) in [6.07, 6.45) is 1.59. The summed E-state index contributed by atoms with van der Waals surface area (Å²) in [6.45, 7) is 5.74. The van der Waals surface area contributed by atoms with Crippen molar-refractivity contribution in [2.45, 2.75) is 19.5 Å². The van der Waals surface area contributed by atoms with Crippen molar-refractivity contribution in [1.29, 1.82) is 0 Å². The van der Waals surface area contributed by atoms with E-state index in [1.54, 1.807) is 36.4 Å². The molecule has 0 aliphatic rings. The Balaban J connectivity index is 1.90. The normalized spacial score (nSPS) is 11.9. The minimum absolute atomic E-state index is 0.236. The van der Waals surface area contributed by atoms with E-state index in [0.717, 1.165) is 5.56 Å². The molecule has 5 nitrogen and oxygen atoms in total. The first-order valence-electron chi connectivity index (χ1n) is 8.35. The highest BCUT2D eigenvalue weighted by molar-refractivity contribution is 7.71. The van der Waals surface area contributed by atoms with Gasteiger partial charge in [0.1, 0.15) is 5.82 Å². The van der Waals surface area contributed by atoms with Gasteiger partial charge >= 0.3 is 0 Å². The van der Waals surface area contributed by atoms with Gasteiger partial charge in [0.05, 0.1) is 16.9 Å². The van der Waals surface area contributed by atoms with Crippen LogP contribution < -0.4 is 10.9 Å². The lowest BCUT2D eigenvalue weighted by Crippen LogP contribution is -2.27. The number of hydrogen-bond donors (Lipinski definition) is 2. The van der Waals surface area contributed by atoms with Crippen LogP contribution in [0.1, 0.15) is 28.9 Å². The SMILES string of the molecule is C=CCn1c(=S)[nH]c2cc(C(=O)NC(C)c3ccc(F)cc3)ccc2c1=O. The summed E-state index contributed by atoms with van der Waals surface area (Å²) < 4.78 is 14.7. The zero-order valence-electron chi connectivity index (χ0n) is 14.7. The van der Waals surface area contributed by atoms with Crippen molar-refractivity contribution >= 4 is 29.0 Å². The summed E-state index contributed by atoms with van der Waals surface area (Å²) in [7, 11) is 0. The van der Waals surface area contributed by atoms with Crippen molar-refractivity contribution in [2.24, 2.45) is 0 Å². The van der Waals surface area contributed by atoms with E-state index in [4.69, 9.17) is 12.2 Å². The molecule has 0 saturated carbocycles. The van der Waals surface area contributed by atoms with Gasteiger partial charge in [0.2, 0.25) is 0 Å². The summed E-state index contributed by atoms with van der Waals surface area (Å²) in [6, 6.07) is 10.4. The van der Waals surface area contributed by atoms with E-state index in [1.165, 1.54) is 16.7 Å². The highest BCUT2D eigenvalue weighted by atomic mass is 32.1. The van der Waals surface area contributed by atoms with Gasteiger partial charge in [-0.05, 0) is 55.0 Å². The Morgan fingerprint density at radius 3 is 2.70 bits per heavy atom. The van der Waals surface area contributed by atoms with Crippen molar-refractivity contribution in [1.82, 2.24) is 14.9 Å². The number of aromatic amines is 1. The van der Waals surface area contributed by atoms with Crippen LogP contribution in [0.2, 0.25) is 0 Å².